The van der Waals surface area contributed by atoms with Crippen molar-refractivity contribution < 1.29 is 34.6 Å². The fraction of sp³-hybridized carbons (Fsp3) is 0.106. The van der Waals surface area contributed by atoms with Crippen molar-refractivity contribution in [2.75, 3.05) is 9.80 Å². The molecule has 3 aliphatic rings. The lowest BCUT2D eigenvalue weighted by atomic mass is 9.33. The summed E-state index contributed by atoms with van der Waals surface area (Å²) >= 11 is 0. The summed E-state index contributed by atoms with van der Waals surface area (Å²) in [6.45, 7) is 4.87. The van der Waals surface area contributed by atoms with Gasteiger partial charge in [0.05, 0.1) is 63.9 Å². The van der Waals surface area contributed by atoms with Crippen LogP contribution in [0.5, 0.6) is 0 Å². The first-order chi connectivity index (χ1) is 34.6. The number of aromatic nitrogens is 1. The van der Waals surface area contributed by atoms with E-state index in [0.717, 1.165) is 4.90 Å². The molecule has 0 saturated heterocycles. The predicted molar refractivity (Wildman–Crippen MR) is 219 cm³/mol. The van der Waals surface area contributed by atoms with Gasteiger partial charge < -0.3 is 18.8 Å². The average Bonchev–Trinajstić information content (AvgIpc) is 3.93. The zero-order valence-electron chi connectivity index (χ0n) is 49.8. The van der Waals surface area contributed by atoms with Crippen LogP contribution in [0.25, 0.3) is 49.4 Å². The van der Waals surface area contributed by atoms with Crippen LogP contribution < -0.4 is 26.2 Å². The minimum Gasteiger partial charge on any atom is -0.454 e. The lowest BCUT2D eigenvalue weighted by Gasteiger charge is -2.46. The smallest absolute Gasteiger partial charge is 0.252 e. The highest BCUT2D eigenvalue weighted by molar-refractivity contribution is 7.00. The Labute approximate surface area is 333 Å². The molecule has 0 amide bonds. The molecule has 2 aromatic heterocycles. The molecule has 52 heavy (non-hydrogen) atoms. The van der Waals surface area contributed by atoms with Crippen molar-refractivity contribution in [1.29, 1.82) is 0 Å². The maximum atomic E-state index is 10.2. The fourth-order valence-electron chi connectivity index (χ4n) is 7.95. The number of anilines is 6. The van der Waals surface area contributed by atoms with E-state index in [4.69, 9.17) is 15.4 Å². The molecular weight excluding hydrogens is 633 g/mol. The molecule has 3 aliphatic heterocycles. The normalized spacial score (nSPS) is 20.0. The van der Waals surface area contributed by atoms with Crippen molar-refractivity contribution >= 4 is 101 Å². The summed E-state index contributed by atoms with van der Waals surface area (Å²) in [6, 6.07) is -14.1. The summed E-state index contributed by atoms with van der Waals surface area (Å²) < 4.78 is 213. The number of furan rings is 1. The van der Waals surface area contributed by atoms with Crippen LogP contribution in [-0.2, 0) is 5.41 Å². The number of para-hydroxylation sites is 5. The summed E-state index contributed by atoms with van der Waals surface area (Å²) in [4.78, 5) is 2.40. The van der Waals surface area contributed by atoms with Gasteiger partial charge in [-0.3, -0.25) is 0 Å². The average molecular weight is 690 g/mol. The molecule has 7 aromatic carbocycles. The summed E-state index contributed by atoms with van der Waals surface area (Å²) in [5, 5.41) is -1.16. The molecule has 4 nitrogen and oxygen atoms in total. The first-order valence-electron chi connectivity index (χ1n) is 27.5. The van der Waals surface area contributed by atoms with Crippen molar-refractivity contribution in [1.82, 2.24) is 4.57 Å². The molecule has 5 heterocycles. The number of hydrogen-bond acceptors (Lipinski definition) is 3. The highest BCUT2D eigenvalue weighted by atomic mass is 16.3. The lowest BCUT2D eigenvalue weighted by molar-refractivity contribution is 0.591. The van der Waals surface area contributed by atoms with Crippen molar-refractivity contribution in [2.24, 2.45) is 0 Å². The molecule has 0 bridgehead atoms. The number of benzene rings is 7. The molecule has 12 rings (SSSR count). The number of fused-ring (bicyclic) bond motifs is 12. The summed E-state index contributed by atoms with van der Waals surface area (Å²) in [6.07, 6.45) is 0. The third-order valence-electron chi connectivity index (χ3n) is 10.1. The van der Waals surface area contributed by atoms with Gasteiger partial charge in [0.25, 0.3) is 6.71 Å². The standard InChI is InChI=1S/C47H34BN3O/c1-27-24-40-43-41(25-27)51-37-18-9-14-31-29-12-5-7-17-35(29)50(44(31)37)38-19-11-16-33(45(38)51)48(43)34-26-28(47(2,3)4)22-23-36(34)49(40)39-20-10-15-32-30-13-6-8-21-42(30)52-46(32)39/h5-26H,1-4H3/i5D,6D,7D,8D,9D,10D,11D,12D,13D,14D,15D,16D,17D,18D,19D,20D,21D,22D,23D,24D,25D,26D. The first-order valence-corrected chi connectivity index (χ1v) is 16.5. The minimum absolute atomic E-state index is 0.00239. The Balaban J connectivity index is 1.39. The molecule has 0 N–H and O–H groups in total. The zero-order valence-corrected chi connectivity index (χ0v) is 27.8. The summed E-state index contributed by atoms with van der Waals surface area (Å²) in [7, 11) is 0. The van der Waals surface area contributed by atoms with Crippen molar-refractivity contribution in [2.45, 2.75) is 33.1 Å². The molecule has 0 fully saturated rings. The van der Waals surface area contributed by atoms with Crippen LogP contribution in [0.15, 0.2) is 137 Å². The molecule has 0 atom stereocenters. The van der Waals surface area contributed by atoms with E-state index >= 15 is 0 Å². The van der Waals surface area contributed by atoms with E-state index in [0.29, 0.717) is 0 Å². The van der Waals surface area contributed by atoms with Crippen LogP contribution in [0.4, 0.5) is 34.1 Å². The molecule has 9 aromatic rings. The number of rotatable bonds is 1. The van der Waals surface area contributed by atoms with E-state index in [1.165, 1.54) is 16.4 Å². The molecule has 0 radical (unpaired) electrons. The highest BCUT2D eigenvalue weighted by Crippen LogP contribution is 2.53. The van der Waals surface area contributed by atoms with Crippen LogP contribution in [0.1, 0.15) is 62.1 Å². The minimum atomic E-state index is -1.61. The van der Waals surface area contributed by atoms with Crippen molar-refractivity contribution in [3.63, 3.8) is 0 Å². The van der Waals surface area contributed by atoms with Gasteiger partial charge in [-0.25, -0.2) is 0 Å². The Morgan fingerprint density at radius 2 is 1.27 bits per heavy atom. The van der Waals surface area contributed by atoms with E-state index < -0.39 is 162 Å². The van der Waals surface area contributed by atoms with Gasteiger partial charge in [-0.05, 0) is 88.2 Å². The molecule has 0 spiro atoms. The van der Waals surface area contributed by atoms with E-state index in [9.17, 15) is 19.2 Å². The van der Waals surface area contributed by atoms with E-state index in [-0.39, 0.29) is 94.2 Å². The maximum Gasteiger partial charge on any atom is 0.252 e. The molecular formula is C47H34BN3O. The van der Waals surface area contributed by atoms with Crippen molar-refractivity contribution in [3.8, 4) is 5.69 Å². The monoisotopic (exact) mass is 689 g/mol. The summed E-state index contributed by atoms with van der Waals surface area (Å²) in [5.41, 5.74) is -5.31. The van der Waals surface area contributed by atoms with Gasteiger partial charge in [0.1, 0.15) is 5.58 Å². The third kappa shape index (κ3) is 3.44. The van der Waals surface area contributed by atoms with Gasteiger partial charge >= 0.3 is 0 Å². The largest absolute Gasteiger partial charge is 0.454 e. The number of nitrogens with zero attached hydrogens (tertiary/aromatic N) is 3. The van der Waals surface area contributed by atoms with Gasteiger partial charge in [-0.1, -0.05) is 105 Å². The second kappa shape index (κ2) is 9.57. The third-order valence-corrected chi connectivity index (χ3v) is 10.1. The van der Waals surface area contributed by atoms with Gasteiger partial charge in [0.15, 0.2) is 5.58 Å². The first kappa shape index (κ1) is 14.8. The van der Waals surface area contributed by atoms with Gasteiger partial charge in [0.2, 0.25) is 0 Å². The Kier molecular flexibility index (Phi) is 2.72. The Morgan fingerprint density at radius 1 is 0.577 bits per heavy atom. The second-order valence-electron chi connectivity index (χ2n) is 14.1. The van der Waals surface area contributed by atoms with E-state index in [1.54, 1.807) is 20.8 Å². The molecule has 0 aliphatic carbocycles. The van der Waals surface area contributed by atoms with E-state index in [1.807, 2.05) is 0 Å². The fourth-order valence-corrected chi connectivity index (χ4v) is 7.95. The molecule has 246 valence electrons. The Bertz CT molecular complexity index is 4310. The van der Waals surface area contributed by atoms with Gasteiger partial charge in [-0.15, -0.1) is 0 Å². The SMILES string of the molecule is [2H]c1c([2H])c2c3c(c1[2H])-n1c4c([2H])c([2H])c([2H])c([2H])c4c4c([2H])c([2H])c([2H])c(c41)N3c1c([2H])c(C)c([2H])c3c1B2c1c([2H])c(C(C)(C)C)c([2H])c([2H])c1N3c1c([2H])c([2H])c([2H])c2c1oc1c([2H])c([2H])c([2H])c([2H])c12. The van der Waals surface area contributed by atoms with Gasteiger partial charge in [0, 0.05) is 38.6 Å². The molecule has 5 heteroatoms. The van der Waals surface area contributed by atoms with Gasteiger partial charge in [-0.2, -0.15) is 0 Å². The lowest BCUT2D eigenvalue weighted by Crippen LogP contribution is -2.62. The van der Waals surface area contributed by atoms with Crippen LogP contribution in [0, 0.1) is 6.92 Å². The summed E-state index contributed by atoms with van der Waals surface area (Å²) in [5.74, 6) is 0. The van der Waals surface area contributed by atoms with E-state index in [2.05, 4.69) is 0 Å². The zero-order chi connectivity index (χ0) is 53.8. The highest BCUT2D eigenvalue weighted by Gasteiger charge is 2.46. The number of hydrogen-bond donors (Lipinski definition) is 0. The van der Waals surface area contributed by atoms with Crippen LogP contribution in [0.2, 0.25) is 0 Å². The maximum absolute atomic E-state index is 10.2. The Hall–Kier alpha value is -6.20. The topological polar surface area (TPSA) is 24.6 Å². The van der Waals surface area contributed by atoms with Crippen LogP contribution in [0.3, 0.4) is 0 Å². The van der Waals surface area contributed by atoms with Crippen LogP contribution >= 0.6 is 0 Å². The molecule has 0 unspecified atom stereocenters. The Morgan fingerprint density at radius 3 is 2.12 bits per heavy atom. The predicted octanol–water partition coefficient (Wildman–Crippen LogP) is 10.7. The second-order valence-corrected chi connectivity index (χ2v) is 14.1. The van der Waals surface area contributed by atoms with Crippen molar-refractivity contribution in [3.05, 3.63) is 144 Å². The quantitative estimate of drug-likeness (QED) is 0.160. The molecule has 0 saturated carbocycles. The van der Waals surface area contributed by atoms with Crippen LogP contribution in [-0.4, -0.2) is 11.3 Å².